The van der Waals surface area contributed by atoms with Crippen molar-refractivity contribution in [1.82, 2.24) is 0 Å². The molecule has 4 aromatic rings. The van der Waals surface area contributed by atoms with Gasteiger partial charge in [0.05, 0.1) is 0 Å². The van der Waals surface area contributed by atoms with Crippen molar-refractivity contribution in [2.24, 2.45) is 0 Å². The lowest BCUT2D eigenvalue weighted by atomic mass is 9.94. The smallest absolute Gasteiger partial charge is 0.0126 e. The first-order valence-electron chi connectivity index (χ1n) is 7.17. The summed E-state index contributed by atoms with van der Waals surface area (Å²) in [7, 11) is 0. The fourth-order valence-corrected chi connectivity index (χ4v) is 3.66. The van der Waals surface area contributed by atoms with Gasteiger partial charge in [-0.1, -0.05) is 60.7 Å². The van der Waals surface area contributed by atoms with Crippen molar-refractivity contribution in [2.45, 2.75) is 9.79 Å². The fourth-order valence-electron chi connectivity index (χ4n) is 3.05. The first-order chi connectivity index (χ1) is 10.8. The van der Waals surface area contributed by atoms with E-state index < -0.39 is 0 Å². The van der Waals surface area contributed by atoms with Crippen LogP contribution in [0.2, 0.25) is 0 Å². The van der Waals surface area contributed by atoms with Gasteiger partial charge in [-0.05, 0) is 33.7 Å². The van der Waals surface area contributed by atoms with Crippen LogP contribution < -0.4 is 0 Å². The molecule has 0 unspecified atom stereocenters. The van der Waals surface area contributed by atoms with Crippen molar-refractivity contribution in [2.75, 3.05) is 0 Å². The highest BCUT2D eigenvalue weighted by atomic mass is 32.1. The molecular weight excluding hydrogens is 304 g/mol. The number of benzene rings is 4. The summed E-state index contributed by atoms with van der Waals surface area (Å²) in [5.74, 6) is 0. The summed E-state index contributed by atoms with van der Waals surface area (Å²) in [6, 6.07) is 25.2. The zero-order valence-corrected chi connectivity index (χ0v) is 13.6. The normalized spacial score (nSPS) is 11.2. The Kier molecular flexibility index (Phi) is 3.36. The molecule has 22 heavy (non-hydrogen) atoms. The Bertz CT molecular complexity index is 920. The first-order valence-corrected chi connectivity index (χ1v) is 8.07. The lowest BCUT2D eigenvalue weighted by molar-refractivity contribution is 1.44. The molecule has 0 amide bonds. The van der Waals surface area contributed by atoms with Crippen molar-refractivity contribution >= 4 is 46.8 Å². The molecule has 2 heteroatoms. The van der Waals surface area contributed by atoms with Gasteiger partial charge >= 0.3 is 0 Å². The summed E-state index contributed by atoms with van der Waals surface area (Å²) in [4.78, 5) is 1.95. The van der Waals surface area contributed by atoms with Gasteiger partial charge in [0.25, 0.3) is 0 Å². The van der Waals surface area contributed by atoms with Crippen LogP contribution in [-0.4, -0.2) is 0 Å². The van der Waals surface area contributed by atoms with E-state index in [9.17, 15) is 0 Å². The maximum absolute atomic E-state index is 4.72. The SMILES string of the molecule is Sc1ccc2ccccc2c1-c1c(S)ccc2ccccc12. The predicted octanol–water partition coefficient (Wildman–Crippen LogP) is 6.24. The van der Waals surface area contributed by atoms with Crippen LogP contribution in [0.25, 0.3) is 32.7 Å². The second-order valence-electron chi connectivity index (χ2n) is 5.36. The van der Waals surface area contributed by atoms with E-state index >= 15 is 0 Å². The third-order valence-corrected chi connectivity index (χ3v) is 4.81. The molecule has 0 aliphatic heterocycles. The van der Waals surface area contributed by atoms with Crippen LogP contribution in [0.4, 0.5) is 0 Å². The molecule has 0 nitrogen and oxygen atoms in total. The minimum absolute atomic E-state index is 0.977. The molecule has 0 fully saturated rings. The number of thiol groups is 2. The van der Waals surface area contributed by atoms with Gasteiger partial charge in [-0.25, -0.2) is 0 Å². The zero-order valence-electron chi connectivity index (χ0n) is 11.8. The molecule has 0 radical (unpaired) electrons. The maximum atomic E-state index is 4.72. The van der Waals surface area contributed by atoms with Crippen LogP contribution in [0.15, 0.2) is 82.6 Å². The lowest BCUT2D eigenvalue weighted by Gasteiger charge is -2.15. The number of fused-ring (bicyclic) bond motifs is 2. The van der Waals surface area contributed by atoms with Gasteiger partial charge < -0.3 is 0 Å². The van der Waals surface area contributed by atoms with E-state index in [-0.39, 0.29) is 0 Å². The van der Waals surface area contributed by atoms with Gasteiger partial charge in [-0.15, -0.1) is 25.3 Å². The Morgan fingerprint density at radius 2 is 0.864 bits per heavy atom. The van der Waals surface area contributed by atoms with Crippen LogP contribution in [0.3, 0.4) is 0 Å². The molecule has 0 saturated carbocycles. The van der Waals surface area contributed by atoms with E-state index in [4.69, 9.17) is 25.3 Å². The van der Waals surface area contributed by atoms with Gasteiger partial charge in [0.15, 0.2) is 0 Å². The highest BCUT2D eigenvalue weighted by Crippen LogP contribution is 2.41. The number of hydrogen-bond acceptors (Lipinski definition) is 2. The van der Waals surface area contributed by atoms with Gasteiger partial charge in [-0.2, -0.15) is 0 Å². The Balaban J connectivity index is 2.21. The molecule has 0 aliphatic rings. The molecule has 106 valence electrons. The summed E-state index contributed by atoms with van der Waals surface area (Å²) >= 11 is 9.45. The van der Waals surface area contributed by atoms with E-state index in [0.717, 1.165) is 20.9 Å². The molecule has 0 spiro atoms. The summed E-state index contributed by atoms with van der Waals surface area (Å²) in [6.07, 6.45) is 0. The number of rotatable bonds is 1. The zero-order chi connectivity index (χ0) is 15.1. The maximum Gasteiger partial charge on any atom is 0.0126 e. The van der Waals surface area contributed by atoms with Crippen LogP contribution in [0.5, 0.6) is 0 Å². The standard InChI is InChI=1S/C20H14S2/c21-17-11-9-13-5-1-3-7-15(13)19(17)20-16-8-4-2-6-14(16)10-12-18(20)22/h1-12,21-22H. The van der Waals surface area contributed by atoms with Gasteiger partial charge in [0.2, 0.25) is 0 Å². The van der Waals surface area contributed by atoms with Crippen molar-refractivity contribution in [3.63, 3.8) is 0 Å². The lowest BCUT2D eigenvalue weighted by Crippen LogP contribution is -1.88. The van der Waals surface area contributed by atoms with E-state index in [2.05, 4.69) is 72.8 Å². The molecule has 0 heterocycles. The van der Waals surface area contributed by atoms with E-state index in [1.807, 2.05) is 0 Å². The topological polar surface area (TPSA) is 0 Å². The van der Waals surface area contributed by atoms with Crippen LogP contribution >= 0.6 is 25.3 Å². The Labute approximate surface area is 140 Å². The second kappa shape index (κ2) is 5.38. The van der Waals surface area contributed by atoms with E-state index in [1.54, 1.807) is 0 Å². The third kappa shape index (κ3) is 2.11. The van der Waals surface area contributed by atoms with Crippen molar-refractivity contribution < 1.29 is 0 Å². The number of hydrogen-bond donors (Lipinski definition) is 2. The molecule has 0 atom stereocenters. The first kappa shape index (κ1) is 13.7. The van der Waals surface area contributed by atoms with Crippen molar-refractivity contribution in [3.8, 4) is 11.1 Å². The molecule has 4 rings (SSSR count). The molecule has 0 saturated heterocycles. The second-order valence-corrected chi connectivity index (χ2v) is 6.33. The summed E-state index contributed by atoms with van der Waals surface area (Å²) in [5, 5.41) is 4.86. The van der Waals surface area contributed by atoms with Gasteiger partial charge in [0.1, 0.15) is 0 Å². The molecule has 0 N–H and O–H groups in total. The predicted molar refractivity (Wildman–Crippen MR) is 101 cm³/mol. The Morgan fingerprint density at radius 1 is 0.455 bits per heavy atom. The minimum Gasteiger partial charge on any atom is -0.143 e. The quantitative estimate of drug-likeness (QED) is 0.381. The van der Waals surface area contributed by atoms with Crippen LogP contribution in [-0.2, 0) is 0 Å². The highest BCUT2D eigenvalue weighted by molar-refractivity contribution is 7.80. The Hall–Kier alpha value is -1.90. The average Bonchev–Trinajstić information content (AvgIpc) is 2.56. The summed E-state index contributed by atoms with van der Waals surface area (Å²) in [5.41, 5.74) is 2.31. The largest absolute Gasteiger partial charge is 0.143 e. The third-order valence-electron chi connectivity index (χ3n) is 4.06. The summed E-state index contributed by atoms with van der Waals surface area (Å²) in [6.45, 7) is 0. The van der Waals surface area contributed by atoms with Crippen molar-refractivity contribution in [3.05, 3.63) is 72.8 Å². The van der Waals surface area contributed by atoms with Crippen LogP contribution in [0, 0.1) is 0 Å². The van der Waals surface area contributed by atoms with Crippen LogP contribution in [0.1, 0.15) is 0 Å². The average molecular weight is 318 g/mol. The van der Waals surface area contributed by atoms with Gasteiger partial charge in [0, 0.05) is 20.9 Å². The van der Waals surface area contributed by atoms with E-state index in [0.29, 0.717) is 0 Å². The highest BCUT2D eigenvalue weighted by Gasteiger charge is 2.13. The molecule has 0 aliphatic carbocycles. The Morgan fingerprint density at radius 3 is 1.32 bits per heavy atom. The van der Waals surface area contributed by atoms with E-state index in [1.165, 1.54) is 21.5 Å². The minimum atomic E-state index is 0.977. The molecule has 4 aromatic carbocycles. The molecule has 0 aromatic heterocycles. The monoisotopic (exact) mass is 318 g/mol. The van der Waals surface area contributed by atoms with Gasteiger partial charge in [-0.3, -0.25) is 0 Å². The molecular formula is C20H14S2. The fraction of sp³-hybridized carbons (Fsp3) is 0. The molecule has 0 bridgehead atoms. The van der Waals surface area contributed by atoms with Crippen molar-refractivity contribution in [1.29, 1.82) is 0 Å². The summed E-state index contributed by atoms with van der Waals surface area (Å²) < 4.78 is 0.